The van der Waals surface area contributed by atoms with Crippen molar-refractivity contribution in [1.29, 1.82) is 0 Å². The molecule has 0 unspecified atom stereocenters. The van der Waals surface area contributed by atoms with Gasteiger partial charge in [0.1, 0.15) is 5.78 Å². The lowest BCUT2D eigenvalue weighted by molar-refractivity contribution is -0.131. The van der Waals surface area contributed by atoms with Gasteiger partial charge in [0.05, 0.1) is 0 Å². The van der Waals surface area contributed by atoms with Crippen LogP contribution in [-0.4, -0.2) is 11.6 Å². The Morgan fingerprint density at radius 1 is 1.04 bits per heavy atom. The second-order valence-electron chi connectivity index (χ2n) is 8.53. The molecule has 0 aromatic rings. The third-order valence-corrected chi connectivity index (χ3v) is 7.90. The van der Waals surface area contributed by atoms with Crippen LogP contribution < -0.4 is 0 Å². The predicted octanol–water partition coefficient (Wildman–Crippen LogP) is 4.42. The van der Waals surface area contributed by atoms with Gasteiger partial charge in [-0.3, -0.25) is 9.59 Å². The zero-order valence-electron chi connectivity index (χ0n) is 14.3. The molecule has 0 saturated heterocycles. The van der Waals surface area contributed by atoms with Gasteiger partial charge in [0.25, 0.3) is 0 Å². The minimum absolute atomic E-state index is 0.0395. The van der Waals surface area contributed by atoms with E-state index in [1.54, 1.807) is 0 Å². The van der Waals surface area contributed by atoms with Crippen LogP contribution in [0.5, 0.6) is 0 Å². The van der Waals surface area contributed by atoms with E-state index in [-0.39, 0.29) is 16.6 Å². The highest BCUT2D eigenvalue weighted by atomic mass is 16.1. The monoisotopic (exact) mass is 310 g/mol. The molecule has 0 aliphatic heterocycles. The lowest BCUT2D eigenvalue weighted by atomic mass is 9.46. The molecule has 0 N–H and O–H groups in total. The van der Waals surface area contributed by atoms with E-state index in [4.69, 9.17) is 0 Å². The molecule has 0 aromatic heterocycles. The van der Waals surface area contributed by atoms with Gasteiger partial charge in [-0.05, 0) is 61.5 Å². The van der Waals surface area contributed by atoms with Gasteiger partial charge in [0.2, 0.25) is 0 Å². The van der Waals surface area contributed by atoms with E-state index in [1.165, 1.54) is 5.57 Å². The lowest BCUT2D eigenvalue weighted by Gasteiger charge is -2.57. The quantitative estimate of drug-likeness (QED) is 0.621. The minimum atomic E-state index is -0.124. The summed E-state index contributed by atoms with van der Waals surface area (Å²) < 4.78 is 0. The second kappa shape index (κ2) is 4.55. The highest BCUT2D eigenvalue weighted by Gasteiger charge is 2.60. The number of Topliss-reactive ketones (excluding diaryl/α,β-unsaturated/α-hetero) is 1. The van der Waals surface area contributed by atoms with Crippen molar-refractivity contribution in [1.82, 2.24) is 0 Å². The van der Waals surface area contributed by atoms with E-state index in [9.17, 15) is 9.59 Å². The van der Waals surface area contributed by atoms with Crippen molar-refractivity contribution in [3.8, 4) is 0 Å². The first-order valence-electron chi connectivity index (χ1n) is 8.97. The van der Waals surface area contributed by atoms with Crippen molar-refractivity contribution in [2.45, 2.75) is 52.4 Å². The summed E-state index contributed by atoms with van der Waals surface area (Å²) in [6, 6.07) is 0. The summed E-state index contributed by atoms with van der Waals surface area (Å²) in [5, 5.41) is 0. The largest absolute Gasteiger partial charge is 0.299 e. The van der Waals surface area contributed by atoms with E-state index in [0.717, 1.165) is 44.1 Å². The van der Waals surface area contributed by atoms with Crippen LogP contribution in [0.4, 0.5) is 0 Å². The van der Waals surface area contributed by atoms with Crippen molar-refractivity contribution in [2.24, 2.45) is 28.6 Å². The molecule has 0 aromatic carbocycles. The number of fused-ring (bicyclic) bond motifs is 5. The zero-order chi connectivity index (χ0) is 16.6. The number of hydrogen-bond donors (Lipinski definition) is 0. The predicted molar refractivity (Wildman–Crippen MR) is 90.8 cm³/mol. The third kappa shape index (κ3) is 1.70. The van der Waals surface area contributed by atoms with Gasteiger partial charge in [-0.1, -0.05) is 32.6 Å². The van der Waals surface area contributed by atoms with Crippen LogP contribution in [0.15, 0.2) is 36.0 Å². The van der Waals surface area contributed by atoms with Gasteiger partial charge < -0.3 is 0 Å². The number of hydrogen-bond acceptors (Lipinski definition) is 2. The molecule has 0 spiro atoms. The van der Waals surface area contributed by atoms with Crippen LogP contribution >= 0.6 is 0 Å². The summed E-state index contributed by atoms with van der Waals surface area (Å²) in [4.78, 5) is 24.6. The molecule has 23 heavy (non-hydrogen) atoms. The average molecular weight is 310 g/mol. The summed E-state index contributed by atoms with van der Waals surface area (Å²) in [6.45, 7) is 12.8. The van der Waals surface area contributed by atoms with Gasteiger partial charge in [-0.2, -0.15) is 0 Å². The summed E-state index contributed by atoms with van der Waals surface area (Å²) >= 11 is 0. The standard InChI is InChI=1S/C21H26O2/c1-12-13(2)21(4)14(11-18(12)22)5-6-15-16-7-8-19(23)20(16,3)10-9-17(15)21/h11,15-17H,1-2,5-10H2,3-4H3/t15-,16-,17-,20-,21-/m0/s1. The fraction of sp³-hybridized carbons (Fsp3) is 0.619. The Balaban J connectivity index is 1.78. The molecular weight excluding hydrogens is 284 g/mol. The first kappa shape index (κ1) is 15.1. The van der Waals surface area contributed by atoms with Gasteiger partial charge in [0.15, 0.2) is 5.78 Å². The maximum atomic E-state index is 12.4. The third-order valence-electron chi connectivity index (χ3n) is 7.90. The smallest absolute Gasteiger partial charge is 0.185 e. The van der Waals surface area contributed by atoms with E-state index in [1.807, 2.05) is 6.08 Å². The van der Waals surface area contributed by atoms with E-state index in [0.29, 0.717) is 29.1 Å². The van der Waals surface area contributed by atoms with Crippen LogP contribution in [0.2, 0.25) is 0 Å². The molecular formula is C21H26O2. The number of carbonyl (C=O) groups is 2. The van der Waals surface area contributed by atoms with Crippen molar-refractivity contribution >= 4 is 11.6 Å². The summed E-state index contributed by atoms with van der Waals surface area (Å²) in [6.07, 6.45) is 7.80. The highest BCUT2D eigenvalue weighted by molar-refractivity contribution is 6.09. The van der Waals surface area contributed by atoms with Crippen LogP contribution in [-0.2, 0) is 9.59 Å². The lowest BCUT2D eigenvalue weighted by Crippen LogP contribution is -2.51. The first-order valence-corrected chi connectivity index (χ1v) is 8.97. The topological polar surface area (TPSA) is 34.1 Å². The summed E-state index contributed by atoms with van der Waals surface area (Å²) in [5.41, 5.74) is 2.56. The Morgan fingerprint density at radius 3 is 2.52 bits per heavy atom. The molecule has 3 fully saturated rings. The maximum Gasteiger partial charge on any atom is 0.185 e. The molecule has 2 heteroatoms. The van der Waals surface area contributed by atoms with Crippen molar-refractivity contribution < 1.29 is 9.59 Å². The fourth-order valence-corrected chi connectivity index (χ4v) is 6.35. The molecule has 122 valence electrons. The number of carbonyl (C=O) groups excluding carboxylic acids is 2. The van der Waals surface area contributed by atoms with E-state index < -0.39 is 0 Å². The fourth-order valence-electron chi connectivity index (χ4n) is 6.35. The molecule has 2 nitrogen and oxygen atoms in total. The Hall–Kier alpha value is -1.44. The molecule has 0 radical (unpaired) electrons. The molecule has 4 aliphatic rings. The van der Waals surface area contributed by atoms with Gasteiger partial charge in [-0.25, -0.2) is 0 Å². The SMILES string of the molecule is C=C1C(=C)[C@@]2(C)C(=CC1=O)CC[C@@H]1[C@@H]2CC[C@]2(C)C(=O)CC[C@@H]12. The van der Waals surface area contributed by atoms with Crippen molar-refractivity contribution in [3.63, 3.8) is 0 Å². The van der Waals surface area contributed by atoms with Gasteiger partial charge >= 0.3 is 0 Å². The van der Waals surface area contributed by atoms with Crippen LogP contribution in [0.25, 0.3) is 0 Å². The molecule has 0 amide bonds. The normalized spacial score (nSPS) is 46.2. The van der Waals surface area contributed by atoms with Crippen LogP contribution in [0.3, 0.4) is 0 Å². The molecule has 5 atom stereocenters. The Kier molecular flexibility index (Phi) is 2.99. The maximum absolute atomic E-state index is 12.4. The van der Waals surface area contributed by atoms with Crippen LogP contribution in [0.1, 0.15) is 52.4 Å². The van der Waals surface area contributed by atoms with Gasteiger partial charge in [0, 0.05) is 22.8 Å². The number of rotatable bonds is 0. The summed E-state index contributed by atoms with van der Waals surface area (Å²) in [7, 11) is 0. The molecule has 3 saturated carbocycles. The first-order chi connectivity index (χ1) is 10.8. The number of ketones is 2. The Morgan fingerprint density at radius 2 is 1.78 bits per heavy atom. The van der Waals surface area contributed by atoms with Crippen LogP contribution in [0, 0.1) is 28.6 Å². The van der Waals surface area contributed by atoms with E-state index in [2.05, 4.69) is 27.0 Å². The highest BCUT2D eigenvalue weighted by Crippen LogP contribution is 2.65. The molecule has 0 bridgehead atoms. The average Bonchev–Trinajstić information content (AvgIpc) is 2.83. The molecule has 4 aliphatic carbocycles. The molecule has 0 heterocycles. The Labute approximate surface area is 138 Å². The minimum Gasteiger partial charge on any atom is -0.299 e. The van der Waals surface area contributed by atoms with Crippen molar-refractivity contribution in [3.05, 3.63) is 36.0 Å². The zero-order valence-corrected chi connectivity index (χ0v) is 14.3. The Bertz CT molecular complexity index is 682. The summed E-state index contributed by atoms with van der Waals surface area (Å²) in [5.74, 6) is 2.13. The van der Waals surface area contributed by atoms with Crippen molar-refractivity contribution in [2.75, 3.05) is 0 Å². The molecule has 4 rings (SSSR count). The second-order valence-corrected chi connectivity index (χ2v) is 8.53. The number of allylic oxidation sites excluding steroid dienone is 3. The van der Waals surface area contributed by atoms with E-state index >= 15 is 0 Å². The van der Waals surface area contributed by atoms with Gasteiger partial charge in [-0.15, -0.1) is 0 Å².